The van der Waals surface area contributed by atoms with Crippen molar-refractivity contribution in [2.45, 2.75) is 37.5 Å². The van der Waals surface area contributed by atoms with Crippen molar-refractivity contribution in [3.8, 4) is 5.75 Å². The van der Waals surface area contributed by atoms with Gasteiger partial charge in [-0.2, -0.15) is 9.30 Å². The summed E-state index contributed by atoms with van der Waals surface area (Å²) < 4.78 is 46.8. The summed E-state index contributed by atoms with van der Waals surface area (Å²) in [6.45, 7) is 5.22. The Morgan fingerprint density at radius 2 is 1.80 bits per heavy atom. The van der Waals surface area contributed by atoms with Gasteiger partial charge in [0, 0.05) is 32.3 Å². The van der Waals surface area contributed by atoms with Crippen molar-refractivity contribution in [2.24, 2.45) is 4.99 Å². The topological polar surface area (TPSA) is 99.4 Å². The molecule has 1 aliphatic rings. The molecule has 2 heterocycles. The number of hydrogen-bond donors (Lipinski definition) is 0. The first-order valence-electron chi connectivity index (χ1n) is 11.2. The van der Waals surface area contributed by atoms with E-state index in [2.05, 4.69) is 4.99 Å². The molecule has 3 aromatic rings. The number of fused-ring (bicyclic) bond motifs is 1. The van der Waals surface area contributed by atoms with E-state index in [1.165, 1.54) is 39.9 Å². The lowest BCUT2D eigenvalue weighted by Crippen LogP contribution is -2.48. The molecule has 2 atom stereocenters. The monoisotopic (exact) mass is 519 g/mol. The molecule has 1 fully saturated rings. The third-order valence-corrected chi connectivity index (χ3v) is 8.61. The van der Waals surface area contributed by atoms with Gasteiger partial charge in [0.25, 0.3) is 5.91 Å². The Hall–Kier alpha value is -2.57. The summed E-state index contributed by atoms with van der Waals surface area (Å²) in [6, 6.07) is 11.6. The van der Waals surface area contributed by atoms with Crippen molar-refractivity contribution in [3.05, 3.63) is 52.8 Å². The molecule has 11 heteroatoms. The Morgan fingerprint density at radius 1 is 1.11 bits per heavy atom. The average molecular weight is 520 g/mol. The number of hydrogen-bond acceptors (Lipinski definition) is 7. The maximum Gasteiger partial charge on any atom is 0.279 e. The van der Waals surface area contributed by atoms with Crippen LogP contribution in [0.25, 0.3) is 10.2 Å². The summed E-state index contributed by atoms with van der Waals surface area (Å²) >= 11 is 1.38. The van der Waals surface area contributed by atoms with Gasteiger partial charge in [0.1, 0.15) is 11.3 Å². The van der Waals surface area contributed by atoms with Crippen molar-refractivity contribution in [2.75, 3.05) is 33.9 Å². The number of morpholine rings is 1. The normalized spacial score (nSPS) is 19.8. The van der Waals surface area contributed by atoms with Crippen LogP contribution in [0.1, 0.15) is 24.2 Å². The zero-order valence-electron chi connectivity index (χ0n) is 20.1. The quantitative estimate of drug-likeness (QED) is 0.476. The van der Waals surface area contributed by atoms with Crippen LogP contribution in [0.4, 0.5) is 0 Å². The minimum absolute atomic E-state index is 0.136. The lowest BCUT2D eigenvalue weighted by Gasteiger charge is -2.34. The first-order chi connectivity index (χ1) is 16.7. The van der Waals surface area contributed by atoms with Crippen LogP contribution >= 0.6 is 11.3 Å². The molecule has 1 saturated heterocycles. The Balaban J connectivity index is 1.65. The van der Waals surface area contributed by atoms with Crippen LogP contribution in [0, 0.1) is 0 Å². The minimum atomic E-state index is -3.69. The van der Waals surface area contributed by atoms with Crippen molar-refractivity contribution in [3.63, 3.8) is 0 Å². The maximum absolute atomic E-state index is 13.1. The van der Waals surface area contributed by atoms with E-state index < -0.39 is 15.9 Å². The summed E-state index contributed by atoms with van der Waals surface area (Å²) in [4.78, 5) is 18.0. The van der Waals surface area contributed by atoms with E-state index >= 15 is 0 Å². The Kier molecular flexibility index (Phi) is 7.72. The van der Waals surface area contributed by atoms with E-state index in [4.69, 9.17) is 14.2 Å². The highest BCUT2D eigenvalue weighted by molar-refractivity contribution is 7.89. The summed E-state index contributed by atoms with van der Waals surface area (Å²) in [5.41, 5.74) is 1.15. The molecule has 35 heavy (non-hydrogen) atoms. The van der Waals surface area contributed by atoms with Gasteiger partial charge in [-0.25, -0.2) is 8.42 Å². The highest BCUT2D eigenvalue weighted by Crippen LogP contribution is 2.27. The van der Waals surface area contributed by atoms with Crippen LogP contribution in [0.5, 0.6) is 5.75 Å². The lowest BCUT2D eigenvalue weighted by atomic mass is 10.2. The predicted octanol–water partition coefficient (Wildman–Crippen LogP) is 2.90. The number of rotatable bonds is 7. The number of aromatic nitrogens is 1. The standard InChI is InChI=1S/C24H29N3O6S2/c1-16-14-26(15-17(2)33-16)35(29,30)19-10-8-18(9-11-19)23(28)25-24-27(12-13-31-3)22-20(32-4)6-5-7-21(22)34-24/h5-11,16-17H,12-15H2,1-4H3. The van der Waals surface area contributed by atoms with Crippen LogP contribution in [0.3, 0.4) is 0 Å². The first kappa shape index (κ1) is 25.5. The second-order valence-corrected chi connectivity index (χ2v) is 11.3. The molecule has 1 amide bonds. The van der Waals surface area contributed by atoms with Crippen LogP contribution in [-0.4, -0.2) is 69.3 Å². The van der Waals surface area contributed by atoms with Crippen LogP contribution in [-0.2, 0) is 26.0 Å². The average Bonchev–Trinajstić information content (AvgIpc) is 3.19. The number of ether oxygens (including phenoxy) is 3. The molecule has 2 unspecified atom stereocenters. The number of carbonyl (C=O) groups is 1. The van der Waals surface area contributed by atoms with Gasteiger partial charge in [-0.1, -0.05) is 17.4 Å². The second kappa shape index (κ2) is 10.6. The number of methoxy groups -OCH3 is 2. The fourth-order valence-electron chi connectivity index (χ4n) is 4.13. The minimum Gasteiger partial charge on any atom is -0.495 e. The van der Waals surface area contributed by atoms with Crippen molar-refractivity contribution < 1.29 is 27.4 Å². The molecule has 9 nitrogen and oxygen atoms in total. The zero-order chi connectivity index (χ0) is 25.2. The predicted molar refractivity (Wildman–Crippen MR) is 133 cm³/mol. The SMILES string of the molecule is COCCn1c(=NC(=O)c2ccc(S(=O)(=O)N3CC(C)OC(C)C3)cc2)sc2cccc(OC)c21. The molecular weight excluding hydrogens is 490 g/mol. The molecule has 1 aromatic heterocycles. The third kappa shape index (κ3) is 5.34. The number of para-hydroxylation sites is 1. The van der Waals surface area contributed by atoms with Crippen LogP contribution < -0.4 is 9.54 Å². The number of thiazole rings is 1. The summed E-state index contributed by atoms with van der Waals surface area (Å²) in [6.07, 6.45) is -0.365. The number of sulfonamides is 1. The largest absolute Gasteiger partial charge is 0.495 e. The van der Waals surface area contributed by atoms with E-state index in [-0.39, 0.29) is 17.1 Å². The number of benzene rings is 2. The van der Waals surface area contributed by atoms with Crippen LogP contribution in [0.2, 0.25) is 0 Å². The fraction of sp³-hybridized carbons (Fsp3) is 0.417. The number of nitrogens with zero attached hydrogens (tertiary/aromatic N) is 3. The molecule has 2 aromatic carbocycles. The van der Waals surface area contributed by atoms with E-state index in [1.54, 1.807) is 14.2 Å². The van der Waals surface area contributed by atoms with Gasteiger partial charge in [-0.15, -0.1) is 0 Å². The van der Waals surface area contributed by atoms with Gasteiger partial charge in [0.2, 0.25) is 10.0 Å². The van der Waals surface area contributed by atoms with Gasteiger partial charge in [0.05, 0.1) is 35.5 Å². The maximum atomic E-state index is 13.1. The summed E-state index contributed by atoms with van der Waals surface area (Å²) in [5, 5.41) is 0. The van der Waals surface area contributed by atoms with Crippen LogP contribution in [0.15, 0.2) is 52.4 Å². The first-order valence-corrected chi connectivity index (χ1v) is 13.5. The van der Waals surface area contributed by atoms with E-state index in [1.807, 2.05) is 36.6 Å². The van der Waals surface area contributed by atoms with E-state index in [9.17, 15) is 13.2 Å². The Morgan fingerprint density at radius 3 is 2.43 bits per heavy atom. The Bertz CT molecular complexity index is 1370. The number of amides is 1. The molecule has 0 spiro atoms. The molecule has 4 rings (SSSR count). The Labute approximate surface area is 208 Å². The molecule has 0 aliphatic carbocycles. The third-order valence-electron chi connectivity index (χ3n) is 5.73. The van der Waals surface area contributed by atoms with E-state index in [0.717, 1.165) is 10.2 Å². The molecule has 0 bridgehead atoms. The molecular formula is C24H29N3O6S2. The zero-order valence-corrected chi connectivity index (χ0v) is 21.8. The van der Waals surface area contributed by atoms with Gasteiger partial charge >= 0.3 is 0 Å². The highest BCUT2D eigenvalue weighted by atomic mass is 32.2. The second-order valence-electron chi connectivity index (χ2n) is 8.36. The van der Waals surface area contributed by atoms with E-state index in [0.29, 0.717) is 42.4 Å². The van der Waals surface area contributed by atoms with Crippen molar-refractivity contribution in [1.29, 1.82) is 0 Å². The van der Waals surface area contributed by atoms with Crippen molar-refractivity contribution >= 4 is 37.5 Å². The van der Waals surface area contributed by atoms with Gasteiger partial charge in [-0.05, 0) is 50.2 Å². The van der Waals surface area contributed by atoms with Gasteiger partial charge < -0.3 is 18.8 Å². The number of carbonyl (C=O) groups excluding carboxylic acids is 1. The fourth-order valence-corrected chi connectivity index (χ4v) is 6.80. The van der Waals surface area contributed by atoms with Gasteiger partial charge in [0.15, 0.2) is 4.80 Å². The molecule has 188 valence electrons. The molecule has 0 saturated carbocycles. The smallest absolute Gasteiger partial charge is 0.279 e. The highest BCUT2D eigenvalue weighted by Gasteiger charge is 2.32. The molecule has 1 aliphatic heterocycles. The van der Waals surface area contributed by atoms with Gasteiger partial charge in [-0.3, -0.25) is 4.79 Å². The summed E-state index contributed by atoms with van der Waals surface area (Å²) in [7, 11) is -0.476. The molecule has 0 radical (unpaired) electrons. The lowest BCUT2D eigenvalue weighted by molar-refractivity contribution is -0.0440. The van der Waals surface area contributed by atoms with Crippen molar-refractivity contribution in [1.82, 2.24) is 8.87 Å². The summed E-state index contributed by atoms with van der Waals surface area (Å²) in [5.74, 6) is 0.226. The molecule has 0 N–H and O–H groups in total.